The van der Waals surface area contributed by atoms with Gasteiger partial charge in [0, 0.05) is 37.6 Å². The molecule has 2 aromatic rings. The van der Waals surface area contributed by atoms with Crippen LogP contribution in [0.25, 0.3) is 10.9 Å². The minimum atomic E-state index is -3.49. The molecule has 0 aliphatic carbocycles. The van der Waals surface area contributed by atoms with E-state index in [2.05, 4.69) is 18.8 Å². The van der Waals surface area contributed by atoms with Crippen molar-refractivity contribution in [3.05, 3.63) is 30.0 Å². The van der Waals surface area contributed by atoms with Gasteiger partial charge >= 0.3 is 0 Å². The lowest BCUT2D eigenvalue weighted by molar-refractivity contribution is 0.0788. The molecule has 2 heterocycles. The van der Waals surface area contributed by atoms with E-state index in [4.69, 9.17) is 0 Å². The first-order chi connectivity index (χ1) is 12.8. The third kappa shape index (κ3) is 4.19. The summed E-state index contributed by atoms with van der Waals surface area (Å²) in [5, 5.41) is 0.744. The number of amides is 1. The van der Waals surface area contributed by atoms with Crippen LogP contribution >= 0.6 is 0 Å². The summed E-state index contributed by atoms with van der Waals surface area (Å²) >= 11 is 0. The van der Waals surface area contributed by atoms with Gasteiger partial charge in [-0.25, -0.2) is 8.42 Å². The normalized spacial score (nSPS) is 16.7. The monoisotopic (exact) mass is 391 g/mol. The number of nitrogens with zero attached hydrogens (tertiary/aromatic N) is 2. The number of carbonyl (C=O) groups is 1. The predicted octanol–water partition coefficient (Wildman–Crippen LogP) is 3.46. The van der Waals surface area contributed by atoms with Crippen molar-refractivity contribution in [1.82, 2.24) is 14.2 Å². The molecule has 1 aliphatic heterocycles. The quantitative estimate of drug-likeness (QED) is 0.819. The second kappa shape index (κ2) is 8.02. The van der Waals surface area contributed by atoms with Crippen LogP contribution in [0.4, 0.5) is 0 Å². The maximum Gasteiger partial charge on any atom is 0.270 e. The van der Waals surface area contributed by atoms with E-state index in [-0.39, 0.29) is 5.91 Å². The summed E-state index contributed by atoms with van der Waals surface area (Å²) in [5.41, 5.74) is 1.26. The number of rotatable bonds is 6. The van der Waals surface area contributed by atoms with Gasteiger partial charge in [0.2, 0.25) is 10.0 Å². The summed E-state index contributed by atoms with van der Waals surface area (Å²) in [6.45, 7) is 6.09. The standard InChI is InChI=1S/C20H29N3O3S/c1-4-5-10-22(3)20(24)19-14-16-13-17(6-7-18(16)21-19)27(25,26)23-11-8-15(2)9-12-23/h6-7,13-15,21H,4-5,8-12H2,1-3H3. The first-order valence-corrected chi connectivity index (χ1v) is 11.2. The number of nitrogens with one attached hydrogen (secondary N) is 1. The average molecular weight is 392 g/mol. The molecule has 0 saturated carbocycles. The van der Waals surface area contributed by atoms with Crippen LogP contribution in [-0.2, 0) is 10.0 Å². The van der Waals surface area contributed by atoms with Gasteiger partial charge in [0.1, 0.15) is 5.69 Å². The lowest BCUT2D eigenvalue weighted by Crippen LogP contribution is -2.37. The van der Waals surface area contributed by atoms with Crippen molar-refractivity contribution in [1.29, 1.82) is 0 Å². The van der Waals surface area contributed by atoms with Crippen molar-refractivity contribution in [3.63, 3.8) is 0 Å². The Bertz CT molecular complexity index is 912. The molecule has 148 valence electrons. The highest BCUT2D eigenvalue weighted by atomic mass is 32.2. The van der Waals surface area contributed by atoms with E-state index in [1.54, 1.807) is 40.5 Å². The molecular formula is C20H29N3O3S. The Hall–Kier alpha value is -1.86. The Kier molecular flexibility index (Phi) is 5.91. The molecule has 1 aromatic heterocycles. The number of sulfonamides is 1. The Balaban J connectivity index is 1.84. The molecule has 1 fully saturated rings. The van der Waals surface area contributed by atoms with E-state index >= 15 is 0 Å². The number of hydrogen-bond donors (Lipinski definition) is 1. The van der Waals surface area contributed by atoms with Crippen LogP contribution in [0.3, 0.4) is 0 Å². The zero-order valence-corrected chi connectivity index (χ0v) is 17.2. The molecule has 0 atom stereocenters. The number of aromatic amines is 1. The minimum absolute atomic E-state index is 0.0749. The van der Waals surface area contributed by atoms with Gasteiger partial charge in [-0.1, -0.05) is 20.3 Å². The minimum Gasteiger partial charge on any atom is -0.351 e. The second-order valence-corrected chi connectivity index (χ2v) is 9.54. The molecule has 1 aliphatic rings. The smallest absolute Gasteiger partial charge is 0.270 e. The van der Waals surface area contributed by atoms with E-state index in [9.17, 15) is 13.2 Å². The van der Waals surface area contributed by atoms with Crippen LogP contribution in [0.1, 0.15) is 50.0 Å². The zero-order chi connectivity index (χ0) is 19.6. The van der Waals surface area contributed by atoms with Crippen LogP contribution in [0.2, 0.25) is 0 Å². The van der Waals surface area contributed by atoms with Gasteiger partial charge in [0.05, 0.1) is 4.90 Å². The molecule has 1 saturated heterocycles. The van der Waals surface area contributed by atoms with Crippen molar-refractivity contribution in [2.75, 3.05) is 26.7 Å². The van der Waals surface area contributed by atoms with Crippen molar-refractivity contribution < 1.29 is 13.2 Å². The van der Waals surface area contributed by atoms with Crippen LogP contribution in [0, 0.1) is 5.92 Å². The topological polar surface area (TPSA) is 73.5 Å². The van der Waals surface area contributed by atoms with Crippen molar-refractivity contribution >= 4 is 26.8 Å². The molecular weight excluding hydrogens is 362 g/mol. The molecule has 0 unspecified atom stereocenters. The summed E-state index contributed by atoms with van der Waals surface area (Å²) in [7, 11) is -1.70. The fourth-order valence-corrected chi connectivity index (χ4v) is 4.97. The van der Waals surface area contributed by atoms with Crippen molar-refractivity contribution in [2.24, 2.45) is 5.92 Å². The number of fused-ring (bicyclic) bond motifs is 1. The molecule has 0 bridgehead atoms. The lowest BCUT2D eigenvalue weighted by Gasteiger charge is -2.29. The molecule has 1 N–H and O–H groups in total. The Labute approximate surface area is 161 Å². The average Bonchev–Trinajstić information content (AvgIpc) is 3.09. The number of unbranched alkanes of at least 4 members (excludes halogenated alkanes) is 1. The SMILES string of the molecule is CCCCN(C)C(=O)c1cc2cc(S(=O)(=O)N3CCC(C)CC3)ccc2[nH]1. The second-order valence-electron chi connectivity index (χ2n) is 7.60. The van der Waals surface area contributed by atoms with Gasteiger partial charge in [-0.05, 0) is 49.4 Å². The van der Waals surface area contributed by atoms with Gasteiger partial charge in [-0.15, -0.1) is 0 Å². The molecule has 6 nitrogen and oxygen atoms in total. The Morgan fingerprint density at radius 1 is 1.26 bits per heavy atom. The van der Waals surface area contributed by atoms with Gasteiger partial charge in [-0.2, -0.15) is 4.31 Å². The number of carbonyl (C=O) groups excluding carboxylic acids is 1. The summed E-state index contributed by atoms with van der Waals surface area (Å²) in [5.74, 6) is 0.496. The van der Waals surface area contributed by atoms with E-state index in [1.165, 1.54) is 0 Å². The summed E-state index contributed by atoms with van der Waals surface area (Å²) in [6, 6.07) is 6.79. The number of hydrogen-bond acceptors (Lipinski definition) is 3. The number of H-pyrrole nitrogens is 1. The molecule has 0 spiro atoms. The zero-order valence-electron chi connectivity index (χ0n) is 16.4. The van der Waals surface area contributed by atoms with E-state index in [0.29, 0.717) is 36.1 Å². The summed E-state index contributed by atoms with van der Waals surface area (Å²) in [6.07, 6.45) is 3.78. The summed E-state index contributed by atoms with van der Waals surface area (Å²) in [4.78, 5) is 17.7. The highest BCUT2D eigenvalue weighted by Gasteiger charge is 2.28. The fraction of sp³-hybridized carbons (Fsp3) is 0.550. The lowest BCUT2D eigenvalue weighted by atomic mass is 10.0. The molecule has 27 heavy (non-hydrogen) atoms. The molecule has 7 heteroatoms. The first kappa shape index (κ1) is 19.9. The molecule has 3 rings (SSSR count). The van der Waals surface area contributed by atoms with Crippen molar-refractivity contribution in [3.8, 4) is 0 Å². The van der Waals surface area contributed by atoms with E-state index < -0.39 is 10.0 Å². The molecule has 0 radical (unpaired) electrons. The van der Waals surface area contributed by atoms with Gasteiger partial charge < -0.3 is 9.88 Å². The number of piperidine rings is 1. The Morgan fingerprint density at radius 3 is 2.63 bits per heavy atom. The van der Waals surface area contributed by atoms with Crippen LogP contribution in [0.5, 0.6) is 0 Å². The predicted molar refractivity (Wildman–Crippen MR) is 107 cm³/mol. The Morgan fingerprint density at radius 2 is 1.96 bits per heavy atom. The third-order valence-electron chi connectivity index (χ3n) is 5.40. The van der Waals surface area contributed by atoms with Crippen LogP contribution in [-0.4, -0.2) is 55.2 Å². The maximum atomic E-state index is 12.9. The molecule has 1 amide bonds. The number of benzene rings is 1. The van der Waals surface area contributed by atoms with Crippen LogP contribution < -0.4 is 0 Å². The fourth-order valence-electron chi connectivity index (χ4n) is 3.46. The summed E-state index contributed by atoms with van der Waals surface area (Å²) < 4.78 is 27.5. The van der Waals surface area contributed by atoms with Gasteiger partial charge in [0.15, 0.2) is 0 Å². The van der Waals surface area contributed by atoms with Gasteiger partial charge in [-0.3, -0.25) is 4.79 Å². The number of aromatic nitrogens is 1. The molecule has 1 aromatic carbocycles. The van der Waals surface area contributed by atoms with Crippen molar-refractivity contribution in [2.45, 2.75) is 44.4 Å². The first-order valence-electron chi connectivity index (χ1n) is 9.71. The largest absolute Gasteiger partial charge is 0.351 e. The third-order valence-corrected chi connectivity index (χ3v) is 7.29. The highest BCUT2D eigenvalue weighted by molar-refractivity contribution is 7.89. The van der Waals surface area contributed by atoms with Gasteiger partial charge in [0.25, 0.3) is 5.91 Å². The van der Waals surface area contributed by atoms with E-state index in [1.807, 2.05) is 0 Å². The van der Waals surface area contributed by atoms with Crippen LogP contribution in [0.15, 0.2) is 29.2 Å². The highest BCUT2D eigenvalue weighted by Crippen LogP contribution is 2.26. The maximum absolute atomic E-state index is 12.9. The van der Waals surface area contributed by atoms with E-state index in [0.717, 1.165) is 36.6 Å².